The largest absolute Gasteiger partial charge is 0.393 e. The molecule has 3 unspecified atom stereocenters. The standard InChI is InChI=1S/C9H18O3/c1-2-12-9(11)7-5-3-4-6-8(7)10/h7-11H,2-6H2,1H3. The van der Waals surface area contributed by atoms with E-state index in [9.17, 15) is 10.2 Å². The summed E-state index contributed by atoms with van der Waals surface area (Å²) in [6, 6.07) is 0. The zero-order valence-electron chi connectivity index (χ0n) is 7.57. The Kier molecular flexibility index (Phi) is 3.98. The topological polar surface area (TPSA) is 49.7 Å². The Labute approximate surface area is 73.4 Å². The zero-order valence-corrected chi connectivity index (χ0v) is 7.57. The second-order valence-electron chi connectivity index (χ2n) is 3.36. The van der Waals surface area contributed by atoms with Gasteiger partial charge in [0.1, 0.15) is 0 Å². The molecule has 0 spiro atoms. The molecular formula is C9H18O3. The molecular weight excluding hydrogens is 156 g/mol. The van der Waals surface area contributed by atoms with E-state index in [2.05, 4.69) is 0 Å². The molecule has 0 amide bonds. The minimum absolute atomic E-state index is 0.0706. The number of rotatable bonds is 3. The molecule has 0 heterocycles. The van der Waals surface area contributed by atoms with Crippen LogP contribution in [0.1, 0.15) is 32.6 Å². The molecule has 1 aliphatic rings. The van der Waals surface area contributed by atoms with Crippen LogP contribution < -0.4 is 0 Å². The van der Waals surface area contributed by atoms with E-state index >= 15 is 0 Å². The van der Waals surface area contributed by atoms with Gasteiger partial charge in [-0.3, -0.25) is 0 Å². The van der Waals surface area contributed by atoms with Crippen LogP contribution in [-0.4, -0.2) is 29.2 Å². The van der Waals surface area contributed by atoms with Gasteiger partial charge in [0.25, 0.3) is 0 Å². The first-order valence-electron chi connectivity index (χ1n) is 4.73. The molecule has 72 valence electrons. The molecule has 2 N–H and O–H groups in total. The van der Waals surface area contributed by atoms with Crippen LogP contribution in [0.2, 0.25) is 0 Å². The van der Waals surface area contributed by atoms with Gasteiger partial charge in [-0.15, -0.1) is 0 Å². The summed E-state index contributed by atoms with van der Waals surface area (Å²) in [4.78, 5) is 0. The molecule has 1 saturated carbocycles. The first kappa shape index (κ1) is 9.96. The maximum absolute atomic E-state index is 9.53. The van der Waals surface area contributed by atoms with E-state index in [1.807, 2.05) is 6.92 Å². The van der Waals surface area contributed by atoms with Gasteiger partial charge in [0.2, 0.25) is 0 Å². The van der Waals surface area contributed by atoms with Crippen LogP contribution in [-0.2, 0) is 4.74 Å². The molecule has 1 rings (SSSR count). The van der Waals surface area contributed by atoms with Gasteiger partial charge in [-0.05, 0) is 19.8 Å². The highest BCUT2D eigenvalue weighted by atomic mass is 16.6. The molecule has 3 nitrogen and oxygen atoms in total. The average molecular weight is 174 g/mol. The normalized spacial score (nSPS) is 33.2. The molecule has 0 aliphatic heterocycles. The SMILES string of the molecule is CCOC(O)C1CCCCC1O. The molecule has 0 radical (unpaired) electrons. The summed E-state index contributed by atoms with van der Waals surface area (Å²) < 4.78 is 5.05. The van der Waals surface area contributed by atoms with E-state index in [1.165, 1.54) is 0 Å². The predicted molar refractivity (Wildman–Crippen MR) is 45.6 cm³/mol. The van der Waals surface area contributed by atoms with E-state index in [0.29, 0.717) is 6.61 Å². The second-order valence-corrected chi connectivity index (χ2v) is 3.36. The smallest absolute Gasteiger partial charge is 0.159 e. The lowest BCUT2D eigenvalue weighted by atomic mass is 9.86. The van der Waals surface area contributed by atoms with Crippen LogP contribution in [0.3, 0.4) is 0 Å². The van der Waals surface area contributed by atoms with E-state index in [0.717, 1.165) is 25.7 Å². The number of hydrogen-bond donors (Lipinski definition) is 2. The molecule has 0 saturated heterocycles. The van der Waals surface area contributed by atoms with Gasteiger partial charge in [0.05, 0.1) is 6.10 Å². The van der Waals surface area contributed by atoms with Crippen LogP contribution in [0, 0.1) is 5.92 Å². The lowest BCUT2D eigenvalue weighted by Gasteiger charge is -2.30. The summed E-state index contributed by atoms with van der Waals surface area (Å²) >= 11 is 0. The summed E-state index contributed by atoms with van der Waals surface area (Å²) in [6.45, 7) is 2.35. The van der Waals surface area contributed by atoms with Crippen LogP contribution in [0.15, 0.2) is 0 Å². The third kappa shape index (κ3) is 2.44. The Bertz CT molecular complexity index is 127. The van der Waals surface area contributed by atoms with Gasteiger partial charge < -0.3 is 14.9 Å². The first-order chi connectivity index (χ1) is 5.75. The van der Waals surface area contributed by atoms with Gasteiger partial charge in [0, 0.05) is 12.5 Å². The molecule has 0 aromatic rings. The van der Waals surface area contributed by atoms with Gasteiger partial charge in [0.15, 0.2) is 6.29 Å². The quantitative estimate of drug-likeness (QED) is 0.625. The van der Waals surface area contributed by atoms with Crippen molar-refractivity contribution in [3.05, 3.63) is 0 Å². The third-order valence-electron chi connectivity index (χ3n) is 2.49. The Morgan fingerprint density at radius 1 is 1.42 bits per heavy atom. The van der Waals surface area contributed by atoms with Crippen molar-refractivity contribution in [1.29, 1.82) is 0 Å². The van der Waals surface area contributed by atoms with Crippen molar-refractivity contribution in [2.24, 2.45) is 5.92 Å². The van der Waals surface area contributed by atoms with E-state index in [4.69, 9.17) is 4.74 Å². The summed E-state index contributed by atoms with van der Waals surface area (Å²) in [5.41, 5.74) is 0. The maximum atomic E-state index is 9.53. The molecule has 0 bridgehead atoms. The van der Waals surface area contributed by atoms with Crippen molar-refractivity contribution >= 4 is 0 Å². The van der Waals surface area contributed by atoms with E-state index in [-0.39, 0.29) is 12.0 Å². The monoisotopic (exact) mass is 174 g/mol. The number of ether oxygens (including phenoxy) is 1. The predicted octanol–water partition coefficient (Wildman–Crippen LogP) is 0.892. The van der Waals surface area contributed by atoms with Gasteiger partial charge in [-0.25, -0.2) is 0 Å². The Morgan fingerprint density at radius 3 is 2.67 bits per heavy atom. The Morgan fingerprint density at radius 2 is 2.08 bits per heavy atom. The van der Waals surface area contributed by atoms with Gasteiger partial charge >= 0.3 is 0 Å². The van der Waals surface area contributed by atoms with Crippen molar-refractivity contribution in [3.8, 4) is 0 Å². The fourth-order valence-electron chi connectivity index (χ4n) is 1.77. The van der Waals surface area contributed by atoms with Gasteiger partial charge in [-0.1, -0.05) is 12.8 Å². The Hall–Kier alpha value is -0.120. The van der Waals surface area contributed by atoms with Crippen LogP contribution in [0.5, 0.6) is 0 Å². The molecule has 3 heteroatoms. The molecule has 0 aromatic carbocycles. The molecule has 1 fully saturated rings. The van der Waals surface area contributed by atoms with Crippen molar-refractivity contribution in [3.63, 3.8) is 0 Å². The first-order valence-corrected chi connectivity index (χ1v) is 4.73. The van der Waals surface area contributed by atoms with Crippen LogP contribution in [0.25, 0.3) is 0 Å². The van der Waals surface area contributed by atoms with E-state index in [1.54, 1.807) is 0 Å². The lowest BCUT2D eigenvalue weighted by molar-refractivity contribution is -0.163. The fourth-order valence-corrected chi connectivity index (χ4v) is 1.77. The number of hydrogen-bond acceptors (Lipinski definition) is 3. The summed E-state index contributed by atoms with van der Waals surface area (Å²) in [5, 5.41) is 19.0. The highest BCUT2D eigenvalue weighted by Crippen LogP contribution is 2.27. The highest BCUT2D eigenvalue weighted by Gasteiger charge is 2.29. The second kappa shape index (κ2) is 4.80. The molecule has 1 aliphatic carbocycles. The molecule has 3 atom stereocenters. The van der Waals surface area contributed by atoms with Crippen LogP contribution >= 0.6 is 0 Å². The number of aliphatic hydroxyl groups excluding tert-OH is 2. The van der Waals surface area contributed by atoms with E-state index < -0.39 is 6.29 Å². The average Bonchev–Trinajstić information content (AvgIpc) is 2.05. The molecule has 0 aromatic heterocycles. The molecule has 12 heavy (non-hydrogen) atoms. The number of aliphatic hydroxyl groups is 2. The van der Waals surface area contributed by atoms with Crippen LogP contribution in [0.4, 0.5) is 0 Å². The summed E-state index contributed by atoms with van der Waals surface area (Å²) in [6.07, 6.45) is 2.69. The van der Waals surface area contributed by atoms with Crippen molar-refractivity contribution < 1.29 is 14.9 Å². The highest BCUT2D eigenvalue weighted by molar-refractivity contribution is 4.76. The van der Waals surface area contributed by atoms with Crippen molar-refractivity contribution in [1.82, 2.24) is 0 Å². The fraction of sp³-hybridized carbons (Fsp3) is 1.00. The maximum Gasteiger partial charge on any atom is 0.159 e. The lowest BCUT2D eigenvalue weighted by Crippen LogP contribution is -2.36. The minimum atomic E-state index is -0.773. The van der Waals surface area contributed by atoms with Crippen molar-refractivity contribution in [2.75, 3.05) is 6.61 Å². The summed E-state index contributed by atoms with van der Waals surface area (Å²) in [7, 11) is 0. The summed E-state index contributed by atoms with van der Waals surface area (Å²) in [5.74, 6) is -0.0706. The van der Waals surface area contributed by atoms with Crippen molar-refractivity contribution in [2.45, 2.75) is 45.0 Å². The zero-order chi connectivity index (χ0) is 8.97. The Balaban J connectivity index is 2.36. The van der Waals surface area contributed by atoms with Gasteiger partial charge in [-0.2, -0.15) is 0 Å². The third-order valence-corrected chi connectivity index (χ3v) is 2.49. The minimum Gasteiger partial charge on any atom is -0.393 e.